The van der Waals surface area contributed by atoms with Gasteiger partial charge >= 0.3 is 0 Å². The molecular weight excluding hydrogens is 296 g/mol. The van der Waals surface area contributed by atoms with Gasteiger partial charge in [0.1, 0.15) is 5.82 Å². The highest BCUT2D eigenvalue weighted by atomic mass is 79.9. The first kappa shape index (κ1) is 12.8. The van der Waals surface area contributed by atoms with E-state index < -0.39 is 0 Å². The predicted molar refractivity (Wildman–Crippen MR) is 72.6 cm³/mol. The molecule has 5 nitrogen and oxygen atoms in total. The first-order chi connectivity index (χ1) is 8.49. The summed E-state index contributed by atoms with van der Waals surface area (Å²) in [6, 6.07) is 1.81. The van der Waals surface area contributed by atoms with Gasteiger partial charge in [0.15, 0.2) is 0 Å². The number of hydrogen-bond donors (Lipinski definition) is 1. The highest BCUT2D eigenvalue weighted by molar-refractivity contribution is 9.10. The van der Waals surface area contributed by atoms with E-state index in [1.54, 1.807) is 24.1 Å². The molecule has 0 radical (unpaired) electrons. The number of halogens is 1. The lowest BCUT2D eigenvalue weighted by Crippen LogP contribution is -2.14. The summed E-state index contributed by atoms with van der Waals surface area (Å²) in [7, 11) is 1.80. The fourth-order valence-electron chi connectivity index (χ4n) is 1.51. The minimum absolute atomic E-state index is 0.199. The van der Waals surface area contributed by atoms with Crippen LogP contribution in [-0.2, 0) is 7.05 Å². The fourth-order valence-corrected chi connectivity index (χ4v) is 1.73. The van der Waals surface area contributed by atoms with Crippen molar-refractivity contribution in [3.05, 3.63) is 39.8 Å². The summed E-state index contributed by atoms with van der Waals surface area (Å²) >= 11 is 3.37. The third-order valence-electron chi connectivity index (χ3n) is 2.77. The Morgan fingerprint density at radius 3 is 2.67 bits per heavy atom. The second-order valence-corrected chi connectivity index (χ2v) is 4.89. The van der Waals surface area contributed by atoms with E-state index in [1.165, 1.54) is 0 Å². The Labute approximate surface area is 113 Å². The zero-order valence-electron chi connectivity index (χ0n) is 10.4. The fraction of sp³-hybridized carbons (Fsp3) is 0.250. The van der Waals surface area contributed by atoms with Crippen molar-refractivity contribution in [3.8, 4) is 0 Å². The van der Waals surface area contributed by atoms with Crippen LogP contribution in [0.15, 0.2) is 22.9 Å². The number of carbonyl (C=O) groups excluding carboxylic acids is 1. The van der Waals surface area contributed by atoms with Gasteiger partial charge in [0.25, 0.3) is 5.91 Å². The predicted octanol–water partition coefficient (Wildman–Crippen LogP) is 2.45. The molecule has 0 saturated carbocycles. The normalized spacial score (nSPS) is 10.4. The van der Waals surface area contributed by atoms with Gasteiger partial charge in [-0.3, -0.25) is 9.48 Å². The van der Waals surface area contributed by atoms with Gasteiger partial charge in [0, 0.05) is 23.4 Å². The van der Waals surface area contributed by atoms with E-state index in [-0.39, 0.29) is 5.91 Å². The van der Waals surface area contributed by atoms with Crippen molar-refractivity contribution >= 4 is 27.7 Å². The second kappa shape index (κ2) is 4.89. The number of nitrogens with zero attached hydrogens (tertiary/aromatic N) is 3. The van der Waals surface area contributed by atoms with Gasteiger partial charge in [0.2, 0.25) is 0 Å². The van der Waals surface area contributed by atoms with E-state index in [9.17, 15) is 4.79 Å². The van der Waals surface area contributed by atoms with E-state index in [0.717, 1.165) is 15.7 Å². The van der Waals surface area contributed by atoms with Gasteiger partial charge < -0.3 is 5.32 Å². The number of nitrogens with one attached hydrogen (secondary N) is 1. The molecule has 0 fully saturated rings. The van der Waals surface area contributed by atoms with Crippen molar-refractivity contribution in [1.82, 2.24) is 14.8 Å². The number of aromatic nitrogens is 3. The van der Waals surface area contributed by atoms with Crippen molar-refractivity contribution in [2.75, 3.05) is 5.32 Å². The Balaban J connectivity index is 2.21. The van der Waals surface area contributed by atoms with Gasteiger partial charge in [-0.05, 0) is 41.4 Å². The third kappa shape index (κ3) is 2.43. The third-order valence-corrected chi connectivity index (χ3v) is 3.60. The van der Waals surface area contributed by atoms with Crippen LogP contribution >= 0.6 is 15.9 Å². The van der Waals surface area contributed by atoms with Crippen molar-refractivity contribution in [1.29, 1.82) is 0 Å². The minimum Gasteiger partial charge on any atom is -0.306 e. The average Bonchev–Trinajstić information content (AvgIpc) is 2.65. The van der Waals surface area contributed by atoms with E-state index >= 15 is 0 Å². The quantitative estimate of drug-likeness (QED) is 0.927. The van der Waals surface area contributed by atoms with Gasteiger partial charge in [-0.2, -0.15) is 5.10 Å². The molecular formula is C12H13BrN4O. The summed E-state index contributed by atoms with van der Waals surface area (Å²) in [6.45, 7) is 3.79. The molecule has 0 unspecified atom stereocenters. The van der Waals surface area contributed by atoms with E-state index in [0.29, 0.717) is 11.4 Å². The van der Waals surface area contributed by atoms with Crippen LogP contribution in [0, 0.1) is 13.8 Å². The Morgan fingerprint density at radius 2 is 2.11 bits per heavy atom. The summed E-state index contributed by atoms with van der Waals surface area (Å²) in [6.07, 6.45) is 3.22. The smallest absolute Gasteiger partial charge is 0.260 e. The van der Waals surface area contributed by atoms with Crippen LogP contribution in [0.5, 0.6) is 0 Å². The highest BCUT2D eigenvalue weighted by Crippen LogP contribution is 2.18. The summed E-state index contributed by atoms with van der Waals surface area (Å²) in [5, 5.41) is 6.79. The summed E-state index contributed by atoms with van der Waals surface area (Å²) in [4.78, 5) is 16.2. The van der Waals surface area contributed by atoms with E-state index in [2.05, 4.69) is 31.3 Å². The van der Waals surface area contributed by atoms with Crippen LogP contribution in [0.4, 0.5) is 5.82 Å². The minimum atomic E-state index is -0.199. The maximum atomic E-state index is 12.0. The monoisotopic (exact) mass is 308 g/mol. The Morgan fingerprint density at radius 1 is 1.39 bits per heavy atom. The topological polar surface area (TPSA) is 59.8 Å². The molecule has 1 amide bonds. The van der Waals surface area contributed by atoms with Crippen LogP contribution in [0.3, 0.4) is 0 Å². The number of aryl methyl sites for hydroxylation is 2. The molecule has 0 aromatic carbocycles. The first-order valence-electron chi connectivity index (χ1n) is 5.41. The first-order valence-corrected chi connectivity index (χ1v) is 6.20. The molecule has 0 aliphatic rings. The molecule has 18 heavy (non-hydrogen) atoms. The second-order valence-electron chi connectivity index (χ2n) is 4.04. The number of pyridine rings is 1. The van der Waals surface area contributed by atoms with Crippen LogP contribution < -0.4 is 5.32 Å². The number of rotatable bonds is 2. The molecule has 0 aliphatic heterocycles. The number of carbonyl (C=O) groups is 1. The number of hydrogen-bond acceptors (Lipinski definition) is 3. The largest absolute Gasteiger partial charge is 0.306 e. The van der Waals surface area contributed by atoms with E-state index in [4.69, 9.17) is 0 Å². The summed E-state index contributed by atoms with van der Waals surface area (Å²) < 4.78 is 2.58. The maximum absolute atomic E-state index is 12.0. The van der Waals surface area contributed by atoms with Crippen LogP contribution in [0.25, 0.3) is 0 Å². The molecule has 0 saturated heterocycles. The molecule has 1 N–H and O–H groups in total. The van der Waals surface area contributed by atoms with Gasteiger partial charge in [-0.25, -0.2) is 4.98 Å². The Hall–Kier alpha value is -1.69. The van der Waals surface area contributed by atoms with Gasteiger partial charge in [-0.15, -0.1) is 0 Å². The van der Waals surface area contributed by atoms with Crippen molar-refractivity contribution in [2.24, 2.45) is 7.05 Å². The molecule has 0 bridgehead atoms. The van der Waals surface area contributed by atoms with E-state index in [1.807, 2.05) is 19.9 Å². The molecule has 6 heteroatoms. The van der Waals surface area contributed by atoms with Crippen LogP contribution in [0.2, 0.25) is 0 Å². The van der Waals surface area contributed by atoms with Gasteiger partial charge in [0.05, 0.1) is 11.8 Å². The molecule has 0 aliphatic carbocycles. The highest BCUT2D eigenvalue weighted by Gasteiger charge is 2.13. The van der Waals surface area contributed by atoms with Crippen molar-refractivity contribution in [2.45, 2.75) is 13.8 Å². The van der Waals surface area contributed by atoms with Crippen molar-refractivity contribution < 1.29 is 4.79 Å². The van der Waals surface area contributed by atoms with Crippen LogP contribution in [0.1, 0.15) is 21.6 Å². The molecule has 2 aromatic rings. The Bertz CT molecular complexity index is 606. The van der Waals surface area contributed by atoms with Gasteiger partial charge in [-0.1, -0.05) is 0 Å². The molecule has 2 heterocycles. The SMILES string of the molecule is Cc1cc(NC(=O)c2cnn(C)c2C)ncc1Br. The zero-order valence-corrected chi connectivity index (χ0v) is 11.9. The molecule has 0 atom stereocenters. The van der Waals surface area contributed by atoms with Crippen molar-refractivity contribution in [3.63, 3.8) is 0 Å². The lowest BCUT2D eigenvalue weighted by molar-refractivity contribution is 0.102. The molecule has 94 valence electrons. The number of anilines is 1. The zero-order chi connectivity index (χ0) is 13.3. The standard InChI is InChI=1S/C12H13BrN4O/c1-7-4-11(14-6-10(7)13)16-12(18)9-5-15-17(3)8(9)2/h4-6H,1-3H3,(H,14,16,18). The molecule has 2 rings (SSSR count). The molecule has 2 aromatic heterocycles. The average molecular weight is 309 g/mol. The maximum Gasteiger partial charge on any atom is 0.260 e. The lowest BCUT2D eigenvalue weighted by Gasteiger charge is -2.05. The number of amides is 1. The van der Waals surface area contributed by atoms with Crippen LogP contribution in [-0.4, -0.2) is 20.7 Å². The molecule has 0 spiro atoms. The lowest BCUT2D eigenvalue weighted by atomic mass is 10.2. The Kier molecular flexibility index (Phi) is 3.47. The summed E-state index contributed by atoms with van der Waals surface area (Å²) in [5.41, 5.74) is 2.39. The summed E-state index contributed by atoms with van der Waals surface area (Å²) in [5.74, 6) is 0.332.